The molecule has 0 amide bonds. The maximum atomic E-state index is 12.5. The molecule has 116 valence electrons. The highest BCUT2D eigenvalue weighted by Gasteiger charge is 2.18. The highest BCUT2D eigenvalue weighted by atomic mass is 16.2. The van der Waals surface area contributed by atoms with E-state index in [-0.39, 0.29) is 11.2 Å². The fourth-order valence-corrected chi connectivity index (χ4v) is 2.52. The van der Waals surface area contributed by atoms with Crippen LogP contribution in [0.5, 0.6) is 0 Å². The fraction of sp³-hybridized carbons (Fsp3) is 0.643. The van der Waals surface area contributed by atoms with E-state index in [1.165, 1.54) is 4.57 Å². The maximum absolute atomic E-state index is 12.5. The molecule has 0 atom stereocenters. The van der Waals surface area contributed by atoms with Gasteiger partial charge >= 0.3 is 5.69 Å². The minimum Gasteiger partial charge on any atom is -0.324 e. The van der Waals surface area contributed by atoms with E-state index in [9.17, 15) is 9.59 Å². The van der Waals surface area contributed by atoms with Crippen molar-refractivity contribution in [3.8, 4) is 0 Å². The zero-order valence-electron chi connectivity index (χ0n) is 13.1. The standard InChI is InChI=1S/C14H23N5O2/c1-5-7-8-19-12-11(13(20)18(6-2)14(19)21)17(4)10(16-12)9-15-3/h15H,5-9H2,1-4H3. The molecule has 2 heterocycles. The third kappa shape index (κ3) is 2.53. The van der Waals surface area contributed by atoms with Gasteiger partial charge in [0, 0.05) is 20.1 Å². The first-order valence-corrected chi connectivity index (χ1v) is 7.40. The molecular formula is C14H23N5O2. The third-order valence-electron chi connectivity index (χ3n) is 3.72. The summed E-state index contributed by atoms with van der Waals surface area (Å²) in [6, 6.07) is 0. The van der Waals surface area contributed by atoms with Crippen LogP contribution in [0, 0.1) is 0 Å². The van der Waals surface area contributed by atoms with Crippen LogP contribution in [0.3, 0.4) is 0 Å². The number of aromatic nitrogens is 4. The van der Waals surface area contributed by atoms with Gasteiger partial charge in [0.15, 0.2) is 11.2 Å². The van der Waals surface area contributed by atoms with Crippen LogP contribution in [0.4, 0.5) is 0 Å². The molecule has 2 rings (SSSR count). The molecule has 0 saturated carbocycles. The number of fused-ring (bicyclic) bond motifs is 1. The maximum Gasteiger partial charge on any atom is 0.332 e. The summed E-state index contributed by atoms with van der Waals surface area (Å²) < 4.78 is 4.69. The Morgan fingerprint density at radius 1 is 1.19 bits per heavy atom. The van der Waals surface area contributed by atoms with Crippen molar-refractivity contribution in [2.75, 3.05) is 7.05 Å². The first-order chi connectivity index (χ1) is 10.1. The number of unbranched alkanes of at least 4 members (excludes halogenated alkanes) is 1. The second kappa shape index (κ2) is 6.26. The predicted octanol–water partition coefficient (Wildman–Crippen LogP) is 0.436. The van der Waals surface area contributed by atoms with Crippen molar-refractivity contribution < 1.29 is 0 Å². The lowest BCUT2D eigenvalue weighted by Crippen LogP contribution is -2.40. The Balaban J connectivity index is 2.83. The third-order valence-corrected chi connectivity index (χ3v) is 3.72. The van der Waals surface area contributed by atoms with Gasteiger partial charge in [0.05, 0.1) is 6.54 Å². The monoisotopic (exact) mass is 293 g/mol. The lowest BCUT2D eigenvalue weighted by molar-refractivity contribution is 0.561. The zero-order chi connectivity index (χ0) is 15.6. The summed E-state index contributed by atoms with van der Waals surface area (Å²) in [6.45, 7) is 5.39. The van der Waals surface area contributed by atoms with Gasteiger partial charge in [0.2, 0.25) is 0 Å². The Kier molecular flexibility index (Phi) is 4.62. The van der Waals surface area contributed by atoms with E-state index in [1.807, 2.05) is 21.0 Å². The molecule has 0 saturated heterocycles. The van der Waals surface area contributed by atoms with Crippen molar-refractivity contribution in [1.82, 2.24) is 24.0 Å². The molecule has 2 aromatic heterocycles. The summed E-state index contributed by atoms with van der Waals surface area (Å²) in [4.78, 5) is 29.5. The van der Waals surface area contributed by atoms with Gasteiger partial charge < -0.3 is 9.88 Å². The summed E-state index contributed by atoms with van der Waals surface area (Å²) in [5, 5.41) is 3.03. The Morgan fingerprint density at radius 3 is 2.48 bits per heavy atom. The molecule has 0 bridgehead atoms. The summed E-state index contributed by atoms with van der Waals surface area (Å²) >= 11 is 0. The summed E-state index contributed by atoms with van der Waals surface area (Å²) in [7, 11) is 3.64. The first-order valence-electron chi connectivity index (χ1n) is 7.40. The second-order valence-corrected chi connectivity index (χ2v) is 5.13. The molecule has 21 heavy (non-hydrogen) atoms. The van der Waals surface area contributed by atoms with Gasteiger partial charge in [0.25, 0.3) is 5.56 Å². The minimum absolute atomic E-state index is 0.261. The van der Waals surface area contributed by atoms with Crippen LogP contribution in [0.1, 0.15) is 32.5 Å². The van der Waals surface area contributed by atoms with Crippen molar-refractivity contribution in [3.05, 3.63) is 26.7 Å². The van der Waals surface area contributed by atoms with E-state index in [4.69, 9.17) is 0 Å². The normalized spacial score (nSPS) is 11.4. The van der Waals surface area contributed by atoms with E-state index < -0.39 is 0 Å². The van der Waals surface area contributed by atoms with Crippen LogP contribution >= 0.6 is 0 Å². The Bertz CT molecular complexity index is 753. The lowest BCUT2D eigenvalue weighted by atomic mass is 10.3. The molecule has 0 aliphatic carbocycles. The molecule has 0 radical (unpaired) electrons. The summed E-state index contributed by atoms with van der Waals surface area (Å²) in [5.41, 5.74) is 0.467. The number of nitrogens with one attached hydrogen (secondary N) is 1. The summed E-state index contributed by atoms with van der Waals surface area (Å²) in [6.07, 6.45) is 1.87. The van der Waals surface area contributed by atoms with Crippen LogP contribution in [0.15, 0.2) is 9.59 Å². The van der Waals surface area contributed by atoms with Gasteiger partial charge in [-0.2, -0.15) is 0 Å². The van der Waals surface area contributed by atoms with Crippen LogP contribution in [-0.4, -0.2) is 25.7 Å². The largest absolute Gasteiger partial charge is 0.332 e. The highest BCUT2D eigenvalue weighted by molar-refractivity contribution is 5.71. The molecule has 0 aromatic carbocycles. The molecule has 7 heteroatoms. The Labute approximate surface area is 123 Å². The SMILES string of the molecule is CCCCn1c(=O)n(CC)c(=O)c2c1nc(CNC)n2C. The number of nitrogens with zero attached hydrogens (tertiary/aromatic N) is 4. The van der Waals surface area contributed by atoms with Crippen LogP contribution in [-0.2, 0) is 26.7 Å². The van der Waals surface area contributed by atoms with Crippen molar-refractivity contribution >= 4 is 11.2 Å². The van der Waals surface area contributed by atoms with Crippen molar-refractivity contribution in [1.29, 1.82) is 0 Å². The quantitative estimate of drug-likeness (QED) is 0.838. The van der Waals surface area contributed by atoms with Crippen molar-refractivity contribution in [2.24, 2.45) is 7.05 Å². The smallest absolute Gasteiger partial charge is 0.324 e. The molecular weight excluding hydrogens is 270 g/mol. The first kappa shape index (κ1) is 15.5. The molecule has 0 aliphatic rings. The number of imidazole rings is 1. The van der Waals surface area contributed by atoms with Gasteiger partial charge in [-0.3, -0.25) is 13.9 Å². The highest BCUT2D eigenvalue weighted by Crippen LogP contribution is 2.10. The number of hydrogen-bond acceptors (Lipinski definition) is 4. The Morgan fingerprint density at radius 2 is 1.90 bits per heavy atom. The average molecular weight is 293 g/mol. The average Bonchev–Trinajstić information content (AvgIpc) is 2.77. The van der Waals surface area contributed by atoms with E-state index in [0.717, 1.165) is 18.7 Å². The zero-order valence-corrected chi connectivity index (χ0v) is 13.1. The number of hydrogen-bond donors (Lipinski definition) is 1. The number of rotatable bonds is 6. The molecule has 0 aliphatic heterocycles. The fourth-order valence-electron chi connectivity index (χ4n) is 2.52. The molecule has 2 aromatic rings. The summed E-state index contributed by atoms with van der Waals surface area (Å²) in [5.74, 6) is 0.753. The minimum atomic E-state index is -0.266. The predicted molar refractivity (Wildman–Crippen MR) is 82.6 cm³/mol. The van der Waals surface area contributed by atoms with Gasteiger partial charge in [-0.05, 0) is 20.4 Å². The molecule has 7 nitrogen and oxygen atoms in total. The van der Waals surface area contributed by atoms with E-state index in [2.05, 4.69) is 17.2 Å². The van der Waals surface area contributed by atoms with Crippen molar-refractivity contribution in [2.45, 2.75) is 46.3 Å². The topological polar surface area (TPSA) is 73.8 Å². The number of aryl methyl sites for hydroxylation is 2. The van der Waals surface area contributed by atoms with Crippen molar-refractivity contribution in [3.63, 3.8) is 0 Å². The van der Waals surface area contributed by atoms with Gasteiger partial charge in [-0.25, -0.2) is 9.78 Å². The Hall–Kier alpha value is -1.89. The molecule has 0 unspecified atom stereocenters. The molecule has 0 fully saturated rings. The van der Waals surface area contributed by atoms with Gasteiger partial charge in [-0.15, -0.1) is 0 Å². The van der Waals surface area contributed by atoms with Crippen LogP contribution in [0.25, 0.3) is 11.2 Å². The van der Waals surface area contributed by atoms with Crippen LogP contribution in [0.2, 0.25) is 0 Å². The van der Waals surface area contributed by atoms with E-state index in [0.29, 0.717) is 30.8 Å². The second-order valence-electron chi connectivity index (χ2n) is 5.13. The lowest BCUT2D eigenvalue weighted by Gasteiger charge is -2.09. The van der Waals surface area contributed by atoms with E-state index in [1.54, 1.807) is 9.13 Å². The molecule has 1 N–H and O–H groups in total. The van der Waals surface area contributed by atoms with Gasteiger partial charge in [-0.1, -0.05) is 13.3 Å². The van der Waals surface area contributed by atoms with Crippen LogP contribution < -0.4 is 16.6 Å². The van der Waals surface area contributed by atoms with E-state index >= 15 is 0 Å². The van der Waals surface area contributed by atoms with Gasteiger partial charge in [0.1, 0.15) is 5.82 Å². The molecule has 0 spiro atoms.